The second kappa shape index (κ2) is 5.37. The third-order valence-corrected chi connectivity index (χ3v) is 2.25. The Labute approximate surface area is 91.5 Å². The van der Waals surface area contributed by atoms with Gasteiger partial charge in [-0.3, -0.25) is 0 Å². The molecule has 0 saturated carbocycles. The molecule has 16 heavy (non-hydrogen) atoms. The first-order chi connectivity index (χ1) is 7.51. The van der Waals surface area contributed by atoms with Gasteiger partial charge >= 0.3 is 5.97 Å². The molecule has 1 fully saturated rings. The third-order valence-electron chi connectivity index (χ3n) is 2.25. The zero-order chi connectivity index (χ0) is 12.3. The van der Waals surface area contributed by atoms with E-state index in [0.717, 1.165) is 6.08 Å². The lowest BCUT2D eigenvalue weighted by atomic mass is 9.99. The second-order valence-corrected chi connectivity index (χ2v) is 3.34. The van der Waals surface area contributed by atoms with E-state index in [-0.39, 0.29) is 0 Å². The van der Waals surface area contributed by atoms with Crippen LogP contribution in [0.4, 0.5) is 0 Å². The molecule has 0 aromatic rings. The van der Waals surface area contributed by atoms with Gasteiger partial charge in [-0.25, -0.2) is 4.79 Å². The van der Waals surface area contributed by atoms with Crippen molar-refractivity contribution >= 4 is 5.97 Å². The minimum atomic E-state index is -1.58. The molecule has 0 aromatic heterocycles. The molecule has 92 valence electrons. The van der Waals surface area contributed by atoms with Crippen LogP contribution in [-0.4, -0.2) is 63.7 Å². The number of aliphatic hydroxyl groups excluding tert-OH is 4. The number of aliphatic hydroxyl groups is 4. The first kappa shape index (κ1) is 13.1. The average Bonchev–Trinajstić information content (AvgIpc) is 2.29. The molecule has 7 heteroatoms. The molecule has 0 aliphatic carbocycles. The molecule has 0 aromatic carbocycles. The van der Waals surface area contributed by atoms with E-state index < -0.39 is 43.3 Å². The van der Waals surface area contributed by atoms with Crippen LogP contribution in [0.15, 0.2) is 12.7 Å². The van der Waals surface area contributed by atoms with Crippen molar-refractivity contribution in [2.45, 2.75) is 30.7 Å². The van der Waals surface area contributed by atoms with Crippen molar-refractivity contribution in [3.63, 3.8) is 0 Å². The van der Waals surface area contributed by atoms with Crippen molar-refractivity contribution in [1.82, 2.24) is 0 Å². The van der Waals surface area contributed by atoms with Gasteiger partial charge in [-0.2, -0.15) is 0 Å². The van der Waals surface area contributed by atoms with E-state index in [1.54, 1.807) is 0 Å². The lowest BCUT2D eigenvalue weighted by molar-refractivity contribution is -0.291. The number of hydrogen-bond donors (Lipinski definition) is 4. The van der Waals surface area contributed by atoms with Gasteiger partial charge in [0.2, 0.25) is 6.29 Å². The molecule has 1 saturated heterocycles. The Morgan fingerprint density at radius 3 is 2.44 bits per heavy atom. The smallest absolute Gasteiger partial charge is 0.332 e. The van der Waals surface area contributed by atoms with E-state index in [0.29, 0.717) is 0 Å². The van der Waals surface area contributed by atoms with Gasteiger partial charge in [0.15, 0.2) is 0 Å². The number of carbonyl (C=O) groups is 1. The molecular weight excluding hydrogens is 220 g/mol. The first-order valence-electron chi connectivity index (χ1n) is 4.64. The lowest BCUT2D eigenvalue weighted by Crippen LogP contribution is -2.59. The average molecular weight is 234 g/mol. The summed E-state index contributed by atoms with van der Waals surface area (Å²) in [5.41, 5.74) is 0. The zero-order valence-corrected chi connectivity index (χ0v) is 8.39. The van der Waals surface area contributed by atoms with Gasteiger partial charge in [-0.1, -0.05) is 6.58 Å². The van der Waals surface area contributed by atoms with Crippen molar-refractivity contribution < 1.29 is 34.7 Å². The van der Waals surface area contributed by atoms with Crippen molar-refractivity contribution in [3.05, 3.63) is 12.7 Å². The van der Waals surface area contributed by atoms with E-state index in [1.807, 2.05) is 0 Å². The monoisotopic (exact) mass is 234 g/mol. The van der Waals surface area contributed by atoms with Crippen molar-refractivity contribution in [1.29, 1.82) is 0 Å². The van der Waals surface area contributed by atoms with Crippen LogP contribution in [0.1, 0.15) is 0 Å². The van der Waals surface area contributed by atoms with Gasteiger partial charge in [0.25, 0.3) is 0 Å². The number of carbonyl (C=O) groups excluding carboxylic acids is 1. The van der Waals surface area contributed by atoms with Gasteiger partial charge in [0, 0.05) is 6.08 Å². The van der Waals surface area contributed by atoms with Gasteiger partial charge in [0.1, 0.15) is 24.4 Å². The Hall–Kier alpha value is -0.990. The Morgan fingerprint density at radius 1 is 1.31 bits per heavy atom. The van der Waals surface area contributed by atoms with Crippen LogP contribution in [0, 0.1) is 0 Å². The molecule has 1 rings (SSSR count). The molecule has 1 aliphatic rings. The maximum absolute atomic E-state index is 10.9. The second-order valence-electron chi connectivity index (χ2n) is 3.34. The predicted octanol–water partition coefficient (Wildman–Crippen LogP) is -2.48. The predicted molar refractivity (Wildman–Crippen MR) is 50.1 cm³/mol. The van der Waals surface area contributed by atoms with Gasteiger partial charge in [-0.15, -0.1) is 0 Å². The van der Waals surface area contributed by atoms with E-state index in [9.17, 15) is 20.1 Å². The number of esters is 1. The molecule has 1 aliphatic heterocycles. The molecule has 0 bridgehead atoms. The summed E-state index contributed by atoms with van der Waals surface area (Å²) >= 11 is 0. The summed E-state index contributed by atoms with van der Waals surface area (Å²) in [6.45, 7) is 2.58. The van der Waals surface area contributed by atoms with E-state index in [2.05, 4.69) is 11.3 Å². The van der Waals surface area contributed by atoms with Crippen LogP contribution in [-0.2, 0) is 14.3 Å². The molecule has 7 nitrogen and oxygen atoms in total. The van der Waals surface area contributed by atoms with Crippen LogP contribution in [0.25, 0.3) is 0 Å². The van der Waals surface area contributed by atoms with E-state index in [4.69, 9.17) is 9.84 Å². The van der Waals surface area contributed by atoms with Crippen LogP contribution in [0.2, 0.25) is 0 Å². The summed E-state index contributed by atoms with van der Waals surface area (Å²) in [6.07, 6.45) is -6.29. The summed E-state index contributed by atoms with van der Waals surface area (Å²) in [4.78, 5) is 10.9. The van der Waals surface area contributed by atoms with Gasteiger partial charge < -0.3 is 29.9 Å². The topological polar surface area (TPSA) is 116 Å². The lowest BCUT2D eigenvalue weighted by Gasteiger charge is -2.38. The van der Waals surface area contributed by atoms with Crippen LogP contribution >= 0.6 is 0 Å². The molecule has 5 atom stereocenters. The Balaban J connectivity index is 2.70. The molecule has 0 amide bonds. The van der Waals surface area contributed by atoms with Gasteiger partial charge in [-0.05, 0) is 0 Å². The molecular formula is C9H14O7. The van der Waals surface area contributed by atoms with Crippen molar-refractivity contribution in [2.24, 2.45) is 0 Å². The Kier molecular flexibility index (Phi) is 4.39. The molecule has 1 unspecified atom stereocenters. The standard InChI is InChI=1S/C9H14O7/c1-2-5(11)16-9-8(14)7(13)6(12)4(3-10)15-9/h2,4,6-10,12-14H,1,3H2/t4-,6-,7+,8-,9?/m1/s1. The normalized spacial score (nSPS) is 39.1. The van der Waals surface area contributed by atoms with Crippen molar-refractivity contribution in [3.8, 4) is 0 Å². The highest BCUT2D eigenvalue weighted by molar-refractivity contribution is 5.81. The summed E-state index contributed by atoms with van der Waals surface area (Å²) in [5.74, 6) is -0.843. The molecule has 4 N–H and O–H groups in total. The summed E-state index contributed by atoms with van der Waals surface area (Å²) in [7, 11) is 0. The zero-order valence-electron chi connectivity index (χ0n) is 8.39. The summed E-state index contributed by atoms with van der Waals surface area (Å²) in [5, 5.41) is 37.0. The highest BCUT2D eigenvalue weighted by Gasteiger charge is 2.45. The van der Waals surface area contributed by atoms with E-state index >= 15 is 0 Å². The summed E-state index contributed by atoms with van der Waals surface area (Å²) in [6, 6.07) is 0. The van der Waals surface area contributed by atoms with E-state index in [1.165, 1.54) is 0 Å². The number of hydrogen-bond acceptors (Lipinski definition) is 7. The maximum Gasteiger partial charge on any atom is 0.332 e. The minimum absolute atomic E-state index is 0.576. The number of ether oxygens (including phenoxy) is 2. The van der Waals surface area contributed by atoms with Crippen LogP contribution in [0.5, 0.6) is 0 Å². The Bertz CT molecular complexity index is 265. The third kappa shape index (κ3) is 2.57. The molecule has 0 radical (unpaired) electrons. The fraction of sp³-hybridized carbons (Fsp3) is 0.667. The fourth-order valence-corrected chi connectivity index (χ4v) is 1.33. The highest BCUT2D eigenvalue weighted by Crippen LogP contribution is 2.21. The highest BCUT2D eigenvalue weighted by atomic mass is 16.7. The summed E-state index contributed by atoms with van der Waals surface area (Å²) < 4.78 is 9.49. The SMILES string of the molecule is C=CC(=O)OC1O[C@H](CO)[C@@H](O)[C@H](O)[C@H]1O. The van der Waals surface area contributed by atoms with Crippen LogP contribution in [0.3, 0.4) is 0 Å². The number of rotatable bonds is 3. The first-order valence-corrected chi connectivity index (χ1v) is 4.64. The molecule has 0 spiro atoms. The van der Waals surface area contributed by atoms with Crippen LogP contribution < -0.4 is 0 Å². The van der Waals surface area contributed by atoms with Crippen molar-refractivity contribution in [2.75, 3.05) is 6.61 Å². The maximum atomic E-state index is 10.9. The minimum Gasteiger partial charge on any atom is -0.430 e. The fourth-order valence-electron chi connectivity index (χ4n) is 1.33. The molecule has 1 heterocycles. The van der Waals surface area contributed by atoms with Gasteiger partial charge in [0.05, 0.1) is 6.61 Å². The largest absolute Gasteiger partial charge is 0.430 e. The quantitative estimate of drug-likeness (QED) is 0.315. The Morgan fingerprint density at radius 2 is 1.94 bits per heavy atom.